The summed E-state index contributed by atoms with van der Waals surface area (Å²) in [5, 5.41) is 3.56. The second kappa shape index (κ2) is 12.0. The van der Waals surface area contributed by atoms with Crippen LogP contribution in [0.15, 0.2) is 0 Å². The zero-order chi connectivity index (χ0) is 13.8. The lowest BCUT2D eigenvalue weighted by atomic mass is 9.97. The molecule has 0 spiro atoms. The van der Waals surface area contributed by atoms with Gasteiger partial charge in [0.1, 0.15) is 0 Å². The first-order valence-corrected chi connectivity index (χ1v) is 7.97. The number of nitrogens with two attached hydrogens (primary N) is 1. The van der Waals surface area contributed by atoms with E-state index in [-0.39, 0.29) is 0 Å². The first-order chi connectivity index (χ1) is 8.56. The van der Waals surface area contributed by atoms with E-state index >= 15 is 0 Å². The molecule has 0 amide bonds. The Hall–Kier alpha value is -0.0800. The molecule has 0 bridgehead atoms. The number of hydrogen-bond donors (Lipinski definition) is 2. The van der Waals surface area contributed by atoms with Crippen LogP contribution in [0.1, 0.15) is 66.2 Å². The van der Waals surface area contributed by atoms with Crippen LogP contribution in [0.3, 0.4) is 0 Å². The van der Waals surface area contributed by atoms with Crippen molar-refractivity contribution in [3.05, 3.63) is 0 Å². The lowest BCUT2D eigenvalue weighted by Crippen LogP contribution is -2.29. The van der Waals surface area contributed by atoms with Gasteiger partial charge in [-0.05, 0) is 50.2 Å². The summed E-state index contributed by atoms with van der Waals surface area (Å²) in [5.74, 6) is 2.28. The molecule has 0 heterocycles. The smallest absolute Gasteiger partial charge is 0.000836 e. The second-order valence-corrected chi connectivity index (χ2v) is 6.53. The van der Waals surface area contributed by atoms with Gasteiger partial charge in [-0.1, -0.05) is 53.4 Å². The van der Waals surface area contributed by atoms with Gasteiger partial charge in [0.15, 0.2) is 0 Å². The molecule has 0 aromatic heterocycles. The van der Waals surface area contributed by atoms with Gasteiger partial charge in [0.25, 0.3) is 0 Å². The minimum atomic E-state index is 0.658. The van der Waals surface area contributed by atoms with Crippen molar-refractivity contribution in [3.8, 4) is 0 Å². The molecule has 1 unspecified atom stereocenters. The molecule has 18 heavy (non-hydrogen) atoms. The molecule has 0 fully saturated rings. The molecule has 2 heteroatoms. The Morgan fingerprint density at radius 1 is 0.889 bits per heavy atom. The average Bonchev–Trinajstić information content (AvgIpc) is 2.30. The summed E-state index contributed by atoms with van der Waals surface area (Å²) in [5.41, 5.74) is 5.79. The molecule has 0 aliphatic heterocycles. The first kappa shape index (κ1) is 17.9. The fourth-order valence-electron chi connectivity index (χ4n) is 2.39. The van der Waals surface area contributed by atoms with Crippen molar-refractivity contribution in [2.75, 3.05) is 19.6 Å². The molecule has 0 aromatic carbocycles. The van der Waals surface area contributed by atoms with Crippen molar-refractivity contribution in [2.45, 2.75) is 66.2 Å². The fraction of sp³-hybridized carbons (Fsp3) is 1.00. The van der Waals surface area contributed by atoms with Crippen LogP contribution in [0.5, 0.6) is 0 Å². The Morgan fingerprint density at radius 3 is 2.11 bits per heavy atom. The summed E-state index contributed by atoms with van der Waals surface area (Å²) in [6.07, 6.45) is 8.12. The maximum absolute atomic E-state index is 5.79. The molecule has 0 rings (SSSR count). The van der Waals surface area contributed by atoms with E-state index in [1.807, 2.05) is 0 Å². The molecule has 0 aliphatic carbocycles. The van der Waals surface area contributed by atoms with Gasteiger partial charge in [0, 0.05) is 0 Å². The van der Waals surface area contributed by atoms with Crippen molar-refractivity contribution < 1.29 is 0 Å². The van der Waals surface area contributed by atoms with Gasteiger partial charge in [-0.2, -0.15) is 0 Å². The quantitative estimate of drug-likeness (QED) is 0.521. The maximum Gasteiger partial charge on any atom is -0.000836 e. The lowest BCUT2D eigenvalue weighted by molar-refractivity contribution is 0.391. The molecule has 0 aromatic rings. The summed E-state index contributed by atoms with van der Waals surface area (Å²) in [7, 11) is 0. The van der Waals surface area contributed by atoms with E-state index in [1.54, 1.807) is 0 Å². The lowest BCUT2D eigenvalue weighted by Gasteiger charge is -2.17. The van der Waals surface area contributed by atoms with Gasteiger partial charge in [-0.3, -0.25) is 0 Å². The van der Waals surface area contributed by atoms with Crippen molar-refractivity contribution in [1.29, 1.82) is 0 Å². The van der Waals surface area contributed by atoms with Crippen LogP contribution < -0.4 is 11.1 Å². The van der Waals surface area contributed by atoms with E-state index in [9.17, 15) is 0 Å². The van der Waals surface area contributed by atoms with Crippen LogP contribution >= 0.6 is 0 Å². The zero-order valence-corrected chi connectivity index (χ0v) is 13.2. The normalized spacial score (nSPS) is 13.5. The summed E-state index contributed by atoms with van der Waals surface area (Å²) < 4.78 is 0. The predicted octanol–water partition coefficient (Wildman–Crippen LogP) is 3.80. The zero-order valence-electron chi connectivity index (χ0n) is 13.2. The van der Waals surface area contributed by atoms with Gasteiger partial charge in [0.2, 0.25) is 0 Å². The minimum absolute atomic E-state index is 0.658. The Balaban J connectivity index is 3.28. The van der Waals surface area contributed by atoms with Crippen LogP contribution in [0.25, 0.3) is 0 Å². The summed E-state index contributed by atoms with van der Waals surface area (Å²) in [6, 6.07) is 0. The number of unbranched alkanes of at least 4 members (excludes halogenated alkanes) is 3. The molecule has 3 N–H and O–H groups in total. The van der Waals surface area contributed by atoms with E-state index in [0.717, 1.165) is 31.5 Å². The highest BCUT2D eigenvalue weighted by atomic mass is 14.9. The highest BCUT2D eigenvalue weighted by Gasteiger charge is 2.07. The van der Waals surface area contributed by atoms with E-state index < -0.39 is 0 Å². The number of hydrogen-bond acceptors (Lipinski definition) is 2. The third-order valence-electron chi connectivity index (χ3n) is 3.46. The van der Waals surface area contributed by atoms with Gasteiger partial charge >= 0.3 is 0 Å². The largest absolute Gasteiger partial charge is 0.330 e. The van der Waals surface area contributed by atoms with E-state index in [1.165, 1.54) is 38.5 Å². The predicted molar refractivity (Wildman–Crippen MR) is 82.8 cm³/mol. The maximum atomic E-state index is 5.79. The molecule has 2 nitrogen and oxygen atoms in total. The molecular formula is C16H36N2. The van der Waals surface area contributed by atoms with Crippen LogP contribution in [0, 0.1) is 17.8 Å². The molecule has 0 saturated heterocycles. The standard InChI is InChI=1S/C16H36N2/c1-14(2)9-7-5-6-8-10-18-13-16(12-17)11-15(3)4/h14-16,18H,5-13,17H2,1-4H3. The van der Waals surface area contributed by atoms with Crippen LogP contribution in [-0.2, 0) is 0 Å². The molecule has 110 valence electrons. The molecular weight excluding hydrogens is 220 g/mol. The van der Waals surface area contributed by atoms with Crippen molar-refractivity contribution in [2.24, 2.45) is 23.5 Å². The van der Waals surface area contributed by atoms with Crippen LogP contribution in [-0.4, -0.2) is 19.6 Å². The highest BCUT2D eigenvalue weighted by Crippen LogP contribution is 2.10. The van der Waals surface area contributed by atoms with Gasteiger partial charge in [-0.15, -0.1) is 0 Å². The molecule has 0 aliphatic rings. The monoisotopic (exact) mass is 256 g/mol. The summed E-state index contributed by atoms with van der Waals surface area (Å²) in [6.45, 7) is 12.2. The Morgan fingerprint density at radius 2 is 1.56 bits per heavy atom. The minimum Gasteiger partial charge on any atom is -0.330 e. The van der Waals surface area contributed by atoms with E-state index in [4.69, 9.17) is 5.73 Å². The molecule has 0 saturated carbocycles. The Bertz CT molecular complexity index is 166. The molecule has 0 radical (unpaired) electrons. The third kappa shape index (κ3) is 12.4. The number of rotatable bonds is 12. The average molecular weight is 256 g/mol. The van der Waals surface area contributed by atoms with E-state index in [2.05, 4.69) is 33.0 Å². The second-order valence-electron chi connectivity index (χ2n) is 6.53. The Labute approximate surface area is 115 Å². The van der Waals surface area contributed by atoms with E-state index in [0.29, 0.717) is 5.92 Å². The first-order valence-electron chi connectivity index (χ1n) is 7.97. The van der Waals surface area contributed by atoms with Gasteiger partial charge in [0.05, 0.1) is 0 Å². The summed E-state index contributed by atoms with van der Waals surface area (Å²) in [4.78, 5) is 0. The SMILES string of the molecule is CC(C)CCCCCCNCC(CN)CC(C)C. The third-order valence-corrected chi connectivity index (χ3v) is 3.46. The van der Waals surface area contributed by atoms with Crippen LogP contribution in [0.4, 0.5) is 0 Å². The van der Waals surface area contributed by atoms with Crippen molar-refractivity contribution in [3.63, 3.8) is 0 Å². The van der Waals surface area contributed by atoms with Crippen molar-refractivity contribution >= 4 is 0 Å². The highest BCUT2D eigenvalue weighted by molar-refractivity contribution is 4.65. The summed E-state index contributed by atoms with van der Waals surface area (Å²) >= 11 is 0. The van der Waals surface area contributed by atoms with Crippen molar-refractivity contribution in [1.82, 2.24) is 5.32 Å². The van der Waals surface area contributed by atoms with Gasteiger partial charge < -0.3 is 11.1 Å². The van der Waals surface area contributed by atoms with Crippen LogP contribution in [0.2, 0.25) is 0 Å². The number of nitrogens with one attached hydrogen (secondary N) is 1. The molecule has 1 atom stereocenters. The fourth-order valence-corrected chi connectivity index (χ4v) is 2.39. The Kier molecular flexibility index (Phi) is 11.9. The topological polar surface area (TPSA) is 38.0 Å². The van der Waals surface area contributed by atoms with Gasteiger partial charge in [-0.25, -0.2) is 0 Å².